The van der Waals surface area contributed by atoms with Gasteiger partial charge in [-0.25, -0.2) is 0 Å². The molecule has 0 aliphatic heterocycles. The van der Waals surface area contributed by atoms with E-state index in [1.807, 2.05) is 30.3 Å². The van der Waals surface area contributed by atoms with Crippen LogP contribution < -0.4 is 4.74 Å². The lowest BCUT2D eigenvalue weighted by Gasteiger charge is -2.08. The Balaban J connectivity index is 0.000000603. The van der Waals surface area contributed by atoms with Gasteiger partial charge in [0.2, 0.25) is 0 Å². The first-order chi connectivity index (χ1) is 50.5. The summed E-state index contributed by atoms with van der Waals surface area (Å²) < 4.78 is 5.73. The molecule has 0 aromatic heterocycles. The molecule has 0 saturated carbocycles. The van der Waals surface area contributed by atoms with Gasteiger partial charge in [0.25, 0.3) is 0 Å². The second-order valence-electron chi connectivity index (χ2n) is 32.1. The third kappa shape index (κ3) is 43.3. The van der Waals surface area contributed by atoms with Crippen LogP contribution in [0.1, 0.15) is 316 Å². The van der Waals surface area contributed by atoms with Gasteiger partial charge in [-0.2, -0.15) is 0 Å². The van der Waals surface area contributed by atoms with Gasteiger partial charge in [-0.15, -0.1) is 0 Å². The summed E-state index contributed by atoms with van der Waals surface area (Å²) in [5.41, 5.74) is 27.5. The van der Waals surface area contributed by atoms with E-state index < -0.39 is 0 Å². The summed E-state index contributed by atoms with van der Waals surface area (Å²) in [7, 11) is 0. The van der Waals surface area contributed by atoms with Crippen LogP contribution in [-0.2, 0) is 6.61 Å². The maximum Gasteiger partial charge on any atom is 0.119 e. The van der Waals surface area contributed by atoms with Crippen molar-refractivity contribution < 1.29 is 4.74 Å². The van der Waals surface area contributed by atoms with Crippen molar-refractivity contribution in [1.29, 1.82) is 0 Å². The minimum atomic E-state index is 0. The Kier molecular flexibility index (Phi) is 48.5. The van der Waals surface area contributed by atoms with Gasteiger partial charge in [0.05, 0.1) is 0 Å². The van der Waals surface area contributed by atoms with Crippen molar-refractivity contribution in [3.8, 4) is 5.75 Å². The van der Waals surface area contributed by atoms with Crippen molar-refractivity contribution in [3.63, 3.8) is 0 Å². The first kappa shape index (κ1) is 97.2. The van der Waals surface area contributed by atoms with E-state index in [0.717, 1.165) is 5.75 Å². The van der Waals surface area contributed by atoms with Gasteiger partial charge in [-0.1, -0.05) is 457 Å². The molecule has 11 rings (SSSR count). The molecule has 0 spiro atoms. The third-order valence-electron chi connectivity index (χ3n) is 18.3. The predicted molar refractivity (Wildman–Crippen MR) is 485 cm³/mol. The number of rotatable bonds is 13. The smallest absolute Gasteiger partial charge is 0.119 e. The van der Waals surface area contributed by atoms with E-state index in [1.54, 1.807) is 0 Å². The van der Waals surface area contributed by atoms with Crippen molar-refractivity contribution in [2.45, 2.75) is 274 Å². The Morgan fingerprint density at radius 2 is 0.352 bits per heavy atom. The number of benzene rings is 11. The SMILES string of the molecule is C.CC(C)c1ccc(OCc2ccccc2)cc1.Cc1ccc(C(C)C)cc1.Cc1ccc(C(C)C)cc1.Cc1ccc(C(C)C)cc1.Cc1ccc(C(C)C)cc1.Cc1cccc(C(C)C)c1.Cc1cccc(C(C)C)c1.Cc1cccc(C(C)C)c1.Cc1cccc(C(C)C)c1.Cc1cccc(C(C)C)c1. The molecule has 0 bridgehead atoms. The molecule has 0 aliphatic rings. The number of hydrogen-bond acceptors (Lipinski definition) is 1. The number of ether oxygens (including phenoxy) is 1. The fourth-order valence-corrected chi connectivity index (χ4v) is 10.6. The summed E-state index contributed by atoms with van der Waals surface area (Å²) in [6.45, 7) is 64.0. The Hall–Kier alpha value is -8.78. The molecular weight excluding hydrogens is 1300 g/mol. The van der Waals surface area contributed by atoms with Crippen molar-refractivity contribution in [3.05, 3.63) is 384 Å². The lowest BCUT2D eigenvalue weighted by molar-refractivity contribution is 0.306. The van der Waals surface area contributed by atoms with Crippen molar-refractivity contribution in [1.82, 2.24) is 0 Å². The van der Waals surface area contributed by atoms with E-state index in [-0.39, 0.29) is 7.43 Å². The molecule has 0 fully saturated rings. The minimum absolute atomic E-state index is 0. The zero-order valence-electron chi connectivity index (χ0n) is 72.4. The maximum atomic E-state index is 5.73. The minimum Gasteiger partial charge on any atom is -0.489 e. The van der Waals surface area contributed by atoms with E-state index in [0.29, 0.717) is 65.8 Å². The van der Waals surface area contributed by atoms with Crippen LogP contribution in [0.4, 0.5) is 0 Å². The Bertz CT molecular complexity index is 3550. The second-order valence-corrected chi connectivity index (χ2v) is 32.1. The molecule has 11 aromatic rings. The molecule has 0 amide bonds. The van der Waals surface area contributed by atoms with Crippen LogP contribution in [0.2, 0.25) is 0 Å². The Morgan fingerprint density at radius 1 is 0.176 bits per heavy atom. The molecule has 0 saturated heterocycles. The Morgan fingerprint density at radius 3 is 0.509 bits per heavy atom. The summed E-state index contributed by atoms with van der Waals surface area (Å²) in [6.07, 6.45) is 0. The van der Waals surface area contributed by atoms with Crippen LogP contribution in [0.25, 0.3) is 0 Å². The first-order valence-corrected chi connectivity index (χ1v) is 39.9. The fraction of sp³-hybridized carbons (Fsp3) is 0.383. The summed E-state index contributed by atoms with van der Waals surface area (Å²) in [6, 6.07) is 96.7. The maximum absolute atomic E-state index is 5.73. The van der Waals surface area contributed by atoms with E-state index in [4.69, 9.17) is 4.74 Å². The van der Waals surface area contributed by atoms with Crippen LogP contribution in [0.15, 0.2) is 273 Å². The average Bonchev–Trinajstić information content (AvgIpc) is 0.940. The summed E-state index contributed by atoms with van der Waals surface area (Å²) in [5.74, 6) is 7.37. The molecular formula is C107H148O. The van der Waals surface area contributed by atoms with Gasteiger partial charge in [0.15, 0.2) is 0 Å². The van der Waals surface area contributed by atoms with Crippen LogP contribution in [0, 0.1) is 62.3 Å². The van der Waals surface area contributed by atoms with Gasteiger partial charge in [0, 0.05) is 0 Å². The lowest BCUT2D eigenvalue weighted by atomic mass is 10.0. The molecule has 0 N–H and O–H groups in total. The molecule has 1 heteroatoms. The Labute approximate surface area is 664 Å². The highest BCUT2D eigenvalue weighted by molar-refractivity contribution is 5.33. The van der Waals surface area contributed by atoms with Crippen LogP contribution in [-0.4, -0.2) is 0 Å². The number of aryl methyl sites for hydroxylation is 9. The molecule has 108 heavy (non-hydrogen) atoms. The second kappa shape index (κ2) is 53.9. The largest absolute Gasteiger partial charge is 0.489 e. The molecule has 0 atom stereocenters. The van der Waals surface area contributed by atoms with Gasteiger partial charge >= 0.3 is 0 Å². The normalized spacial score (nSPS) is 10.3. The summed E-state index contributed by atoms with van der Waals surface area (Å²) in [4.78, 5) is 0. The molecule has 0 heterocycles. The number of hydrogen-bond donors (Lipinski definition) is 0. The zero-order chi connectivity index (χ0) is 80.1. The van der Waals surface area contributed by atoms with Crippen molar-refractivity contribution in [2.75, 3.05) is 0 Å². The quantitative estimate of drug-likeness (QED) is 0.112. The zero-order valence-corrected chi connectivity index (χ0v) is 72.4. The highest BCUT2D eigenvalue weighted by Crippen LogP contribution is 2.23. The monoisotopic (exact) mass is 1450 g/mol. The fourth-order valence-electron chi connectivity index (χ4n) is 10.6. The third-order valence-corrected chi connectivity index (χ3v) is 18.3. The highest BCUT2D eigenvalue weighted by Gasteiger charge is 2.04. The predicted octanol–water partition coefficient (Wildman–Crippen LogP) is 33.1. The van der Waals surface area contributed by atoms with E-state index in [1.165, 1.54) is 111 Å². The molecule has 0 aliphatic carbocycles. The standard InChI is InChI=1S/C16H18O.9C10H14.CH4/c1-13(2)15-8-10-16(11-9-15)17-12-14-6-4-3-5-7-14;4*1-8(2)10-6-4-9(3)5-7-10;5*1-8(2)10-6-4-5-9(3)7-10;/h3-11,13H,12H2,1-2H3;9*4-8H,1-3H3;1H4. The van der Waals surface area contributed by atoms with E-state index in [9.17, 15) is 0 Å². The van der Waals surface area contributed by atoms with Crippen LogP contribution in [0.3, 0.4) is 0 Å². The molecule has 582 valence electrons. The van der Waals surface area contributed by atoms with Gasteiger partial charge < -0.3 is 4.74 Å². The highest BCUT2D eigenvalue weighted by atomic mass is 16.5. The van der Waals surface area contributed by atoms with Crippen LogP contribution in [0.5, 0.6) is 5.75 Å². The average molecular weight is 1450 g/mol. The molecule has 0 radical (unpaired) electrons. The lowest BCUT2D eigenvalue weighted by Crippen LogP contribution is -1.95. The summed E-state index contributed by atoms with van der Waals surface area (Å²) >= 11 is 0. The van der Waals surface area contributed by atoms with Gasteiger partial charge in [0.1, 0.15) is 12.4 Å². The van der Waals surface area contributed by atoms with E-state index >= 15 is 0 Å². The van der Waals surface area contributed by atoms with Crippen molar-refractivity contribution >= 4 is 0 Å². The van der Waals surface area contributed by atoms with Crippen molar-refractivity contribution in [2.24, 2.45) is 0 Å². The topological polar surface area (TPSA) is 9.23 Å². The van der Waals surface area contributed by atoms with E-state index in [2.05, 4.69) is 443 Å². The summed E-state index contributed by atoms with van der Waals surface area (Å²) in [5, 5.41) is 0. The molecule has 0 unspecified atom stereocenters. The first-order valence-electron chi connectivity index (χ1n) is 39.9. The van der Waals surface area contributed by atoms with Gasteiger partial charge in [-0.05, 0) is 195 Å². The van der Waals surface area contributed by atoms with Gasteiger partial charge in [-0.3, -0.25) is 0 Å². The molecule has 11 aromatic carbocycles. The van der Waals surface area contributed by atoms with Crippen LogP contribution >= 0.6 is 0 Å². The molecule has 1 nitrogen and oxygen atoms in total.